The van der Waals surface area contributed by atoms with Gasteiger partial charge in [0.25, 0.3) is 0 Å². The van der Waals surface area contributed by atoms with Crippen LogP contribution in [0.15, 0.2) is 76.0 Å². The molecule has 4 heterocycles. The van der Waals surface area contributed by atoms with Gasteiger partial charge in [-0.3, -0.25) is 9.97 Å². The summed E-state index contributed by atoms with van der Waals surface area (Å²) in [6.07, 6.45) is -1.51. The molecule has 0 aliphatic heterocycles. The molecule has 2 N–H and O–H groups in total. The van der Waals surface area contributed by atoms with Crippen molar-refractivity contribution < 1.29 is 26.6 Å². The molecule has 0 radical (unpaired) electrons. The lowest BCUT2D eigenvalue weighted by Crippen LogP contribution is -2.07. The second-order valence-corrected chi connectivity index (χ2v) is 9.07. The first-order valence-corrected chi connectivity index (χ1v) is 12.1. The molecule has 0 saturated carbocycles. The Morgan fingerprint density at radius 3 is 1.90 bits per heavy atom. The summed E-state index contributed by atoms with van der Waals surface area (Å²) in [5, 5.41) is 15.2. The number of alkyl halides is 3. The van der Waals surface area contributed by atoms with Gasteiger partial charge in [0.1, 0.15) is 0 Å². The first kappa shape index (κ1) is 26.9. The predicted octanol–water partition coefficient (Wildman–Crippen LogP) is 8.36. The van der Waals surface area contributed by atoms with Crippen LogP contribution in [0.5, 0.6) is 0 Å². The highest BCUT2D eigenvalue weighted by Gasteiger charge is 2.36. The standard InChI is InChI=1S/C14H9F4N3O.C13H10ClN3O/c1-7-2-3-8(6-19-7)20-13-9-4-5-10(14(16,17)18)11(15)12(9)22-21-13;1-8-2-4-10(7-15-8)16-13-11-5-3-9(14)6-12(11)18-17-13/h2-6H,1H3,(H,20,21);2-7H,1H3,(H,16,17). The summed E-state index contributed by atoms with van der Waals surface area (Å²) in [4.78, 5) is 8.27. The Hall–Kier alpha value is -4.71. The maximum atomic E-state index is 13.9. The van der Waals surface area contributed by atoms with Crippen molar-refractivity contribution in [3.63, 3.8) is 0 Å². The number of halogens is 5. The number of nitrogens with zero attached hydrogens (tertiary/aromatic N) is 4. The van der Waals surface area contributed by atoms with Crippen molar-refractivity contribution in [3.8, 4) is 0 Å². The van der Waals surface area contributed by atoms with Gasteiger partial charge in [-0.15, -0.1) is 0 Å². The minimum atomic E-state index is -4.79. The van der Waals surface area contributed by atoms with Crippen LogP contribution < -0.4 is 10.6 Å². The third kappa shape index (κ3) is 5.81. The van der Waals surface area contributed by atoms with Crippen LogP contribution in [0.2, 0.25) is 5.02 Å². The molecule has 40 heavy (non-hydrogen) atoms. The van der Waals surface area contributed by atoms with Gasteiger partial charge in [0.15, 0.2) is 23.0 Å². The van der Waals surface area contributed by atoms with Crippen molar-refractivity contribution in [2.45, 2.75) is 20.0 Å². The van der Waals surface area contributed by atoms with Gasteiger partial charge in [0, 0.05) is 22.5 Å². The van der Waals surface area contributed by atoms with Crippen molar-refractivity contribution in [1.29, 1.82) is 0 Å². The van der Waals surface area contributed by atoms with Crippen molar-refractivity contribution >= 4 is 56.5 Å². The van der Waals surface area contributed by atoms with E-state index >= 15 is 0 Å². The van der Waals surface area contributed by atoms with E-state index in [9.17, 15) is 17.6 Å². The average molecular weight is 571 g/mol. The zero-order chi connectivity index (χ0) is 28.4. The number of aromatic nitrogens is 4. The van der Waals surface area contributed by atoms with Crippen molar-refractivity contribution in [3.05, 3.63) is 94.8 Å². The summed E-state index contributed by atoms with van der Waals surface area (Å²) in [5.74, 6) is -0.701. The molecule has 0 saturated heterocycles. The maximum Gasteiger partial charge on any atom is 0.419 e. The summed E-state index contributed by atoms with van der Waals surface area (Å²) < 4.78 is 61.7. The van der Waals surface area contributed by atoms with Gasteiger partial charge >= 0.3 is 6.18 Å². The molecule has 6 aromatic rings. The Balaban J connectivity index is 0.000000164. The van der Waals surface area contributed by atoms with Crippen molar-refractivity contribution in [2.75, 3.05) is 10.6 Å². The molecule has 0 amide bonds. The highest BCUT2D eigenvalue weighted by molar-refractivity contribution is 6.31. The average Bonchev–Trinajstić information content (AvgIpc) is 3.51. The summed E-state index contributed by atoms with van der Waals surface area (Å²) in [6, 6.07) is 14.5. The molecule has 0 bridgehead atoms. The molecule has 13 heteroatoms. The van der Waals surface area contributed by atoms with Gasteiger partial charge in [-0.05, 0) is 62.4 Å². The molecule has 6 rings (SSSR count). The van der Waals surface area contributed by atoms with E-state index in [1.165, 1.54) is 6.20 Å². The van der Waals surface area contributed by atoms with Crippen LogP contribution in [0.25, 0.3) is 21.9 Å². The Labute approximate surface area is 229 Å². The van der Waals surface area contributed by atoms with Crippen LogP contribution in [0.4, 0.5) is 40.6 Å². The van der Waals surface area contributed by atoms with E-state index in [1.54, 1.807) is 30.5 Å². The van der Waals surface area contributed by atoms with Gasteiger partial charge in [-0.25, -0.2) is 4.39 Å². The SMILES string of the molecule is Cc1ccc(Nc2noc3c(F)c(C(F)(F)F)ccc23)cn1.Cc1ccc(Nc2noc3cc(Cl)ccc23)cn1. The smallest absolute Gasteiger partial charge is 0.354 e. The Bertz CT molecular complexity index is 1780. The molecule has 0 fully saturated rings. The molecule has 2 aromatic carbocycles. The van der Waals surface area contributed by atoms with E-state index in [1.807, 2.05) is 32.0 Å². The minimum Gasteiger partial charge on any atom is -0.354 e. The van der Waals surface area contributed by atoms with Crippen LogP contribution in [-0.2, 0) is 6.18 Å². The maximum absolute atomic E-state index is 13.9. The largest absolute Gasteiger partial charge is 0.419 e. The lowest BCUT2D eigenvalue weighted by molar-refractivity contribution is -0.139. The molecule has 0 atom stereocenters. The Kier molecular flexibility index (Phi) is 7.26. The molecule has 204 valence electrons. The highest BCUT2D eigenvalue weighted by atomic mass is 35.5. The quantitative estimate of drug-likeness (QED) is 0.204. The third-order valence-electron chi connectivity index (χ3n) is 5.67. The molecule has 0 aliphatic rings. The summed E-state index contributed by atoms with van der Waals surface area (Å²) in [5.41, 5.74) is 1.92. The highest BCUT2D eigenvalue weighted by Crippen LogP contribution is 2.36. The number of nitrogens with one attached hydrogen (secondary N) is 2. The van der Waals surface area contributed by atoms with E-state index < -0.39 is 23.1 Å². The van der Waals surface area contributed by atoms with Gasteiger partial charge in [-0.1, -0.05) is 21.9 Å². The number of hydrogen-bond donors (Lipinski definition) is 2. The van der Waals surface area contributed by atoms with Gasteiger partial charge in [0.2, 0.25) is 5.58 Å². The zero-order valence-corrected chi connectivity index (χ0v) is 21.6. The van der Waals surface area contributed by atoms with Crippen LogP contribution in [0.1, 0.15) is 17.0 Å². The van der Waals surface area contributed by atoms with Crippen molar-refractivity contribution in [1.82, 2.24) is 20.3 Å². The molecule has 4 aromatic heterocycles. The minimum absolute atomic E-state index is 0.117. The summed E-state index contributed by atoms with van der Waals surface area (Å²) in [6.45, 7) is 3.75. The number of hydrogen-bond acceptors (Lipinski definition) is 8. The molecule has 0 spiro atoms. The fourth-order valence-corrected chi connectivity index (χ4v) is 3.80. The topological polar surface area (TPSA) is 102 Å². The van der Waals surface area contributed by atoms with Crippen LogP contribution in [0.3, 0.4) is 0 Å². The number of aryl methyl sites for hydroxylation is 2. The van der Waals surface area contributed by atoms with Crippen LogP contribution in [-0.4, -0.2) is 20.3 Å². The molecule has 0 aliphatic carbocycles. The van der Waals surface area contributed by atoms with E-state index in [-0.39, 0.29) is 11.2 Å². The van der Waals surface area contributed by atoms with Crippen molar-refractivity contribution in [2.24, 2.45) is 0 Å². The van der Waals surface area contributed by atoms with E-state index in [0.29, 0.717) is 28.2 Å². The molecular weight excluding hydrogens is 552 g/mol. The summed E-state index contributed by atoms with van der Waals surface area (Å²) in [7, 11) is 0. The lowest BCUT2D eigenvalue weighted by Gasteiger charge is -2.07. The fourth-order valence-electron chi connectivity index (χ4n) is 3.64. The molecular formula is C27H19ClF4N6O2. The van der Waals surface area contributed by atoms with Gasteiger partial charge in [-0.2, -0.15) is 13.2 Å². The Morgan fingerprint density at radius 1 is 0.750 bits per heavy atom. The van der Waals surface area contributed by atoms with E-state index in [2.05, 4.69) is 30.9 Å². The monoisotopic (exact) mass is 570 g/mol. The first-order chi connectivity index (χ1) is 19.1. The predicted molar refractivity (Wildman–Crippen MR) is 143 cm³/mol. The van der Waals surface area contributed by atoms with Crippen LogP contribution in [0, 0.1) is 19.7 Å². The number of rotatable bonds is 4. The van der Waals surface area contributed by atoms with E-state index in [0.717, 1.165) is 28.5 Å². The van der Waals surface area contributed by atoms with E-state index in [4.69, 9.17) is 20.6 Å². The normalized spacial score (nSPS) is 11.4. The third-order valence-corrected chi connectivity index (χ3v) is 5.90. The fraction of sp³-hybridized carbons (Fsp3) is 0.111. The second kappa shape index (κ2) is 10.8. The second-order valence-electron chi connectivity index (χ2n) is 8.63. The zero-order valence-electron chi connectivity index (χ0n) is 20.8. The van der Waals surface area contributed by atoms with Crippen LogP contribution >= 0.6 is 11.6 Å². The van der Waals surface area contributed by atoms with Gasteiger partial charge in [0.05, 0.1) is 40.1 Å². The molecule has 8 nitrogen and oxygen atoms in total. The number of anilines is 4. The summed E-state index contributed by atoms with van der Waals surface area (Å²) >= 11 is 5.89. The number of benzene rings is 2. The molecule has 0 unspecified atom stereocenters. The first-order valence-electron chi connectivity index (χ1n) is 11.7. The lowest BCUT2D eigenvalue weighted by atomic mass is 10.1. The number of pyridine rings is 2. The Morgan fingerprint density at radius 2 is 1.32 bits per heavy atom. The number of fused-ring (bicyclic) bond motifs is 2. The van der Waals surface area contributed by atoms with Gasteiger partial charge < -0.3 is 19.7 Å².